The molecule has 18 heavy (non-hydrogen) atoms. The van der Waals surface area contributed by atoms with E-state index in [1.807, 2.05) is 29.1 Å². The van der Waals surface area contributed by atoms with Crippen molar-refractivity contribution < 1.29 is 4.74 Å². The van der Waals surface area contributed by atoms with Crippen molar-refractivity contribution in [3.05, 3.63) is 37.1 Å². The summed E-state index contributed by atoms with van der Waals surface area (Å²) < 4.78 is 7.32. The van der Waals surface area contributed by atoms with E-state index in [4.69, 9.17) is 4.74 Å². The summed E-state index contributed by atoms with van der Waals surface area (Å²) in [6.45, 7) is 1.67. The molecule has 1 N–H and O–H groups in total. The average molecular weight is 244 g/mol. The summed E-state index contributed by atoms with van der Waals surface area (Å²) in [5.74, 6) is 0.873. The molecule has 0 saturated carbocycles. The zero-order valence-electron chi connectivity index (χ0n) is 10.1. The van der Waals surface area contributed by atoms with E-state index in [0.29, 0.717) is 6.04 Å². The molecule has 0 bridgehead atoms. The highest BCUT2D eigenvalue weighted by atomic mass is 16.5. The summed E-state index contributed by atoms with van der Waals surface area (Å²) in [5, 5.41) is 3.44. The van der Waals surface area contributed by atoms with Crippen molar-refractivity contribution in [1.82, 2.24) is 14.5 Å². The molecule has 0 spiro atoms. The third-order valence-corrected chi connectivity index (χ3v) is 3.05. The Morgan fingerprint density at radius 3 is 3.06 bits per heavy atom. The minimum atomic E-state index is 0.402. The smallest absolute Gasteiger partial charge is 0.137 e. The van der Waals surface area contributed by atoms with E-state index < -0.39 is 0 Å². The van der Waals surface area contributed by atoms with Crippen molar-refractivity contribution in [1.29, 1.82) is 0 Å². The molecule has 1 unspecified atom stereocenters. The molecule has 3 heterocycles. The third-order valence-electron chi connectivity index (χ3n) is 3.05. The maximum atomic E-state index is 5.44. The van der Waals surface area contributed by atoms with Gasteiger partial charge in [0.2, 0.25) is 0 Å². The highest BCUT2D eigenvalue weighted by molar-refractivity contribution is 5.44. The molecule has 1 saturated heterocycles. The molecule has 1 aliphatic rings. The Kier molecular flexibility index (Phi) is 3.23. The standard InChI is InChI=1S/C13H16N4O/c1-2-12(9-18-7-1)16-11-3-4-13(15-8-11)17-6-5-14-10-17/h3-6,8,10,12,16H,1-2,7,9H2. The second-order valence-corrected chi connectivity index (χ2v) is 4.43. The van der Waals surface area contributed by atoms with Crippen LogP contribution in [0.3, 0.4) is 0 Å². The number of hydrogen-bond acceptors (Lipinski definition) is 4. The van der Waals surface area contributed by atoms with E-state index in [1.54, 1.807) is 12.5 Å². The molecule has 0 radical (unpaired) electrons. The summed E-state index contributed by atoms with van der Waals surface area (Å²) in [4.78, 5) is 8.41. The molecule has 1 aliphatic heterocycles. The van der Waals surface area contributed by atoms with Crippen molar-refractivity contribution in [3.63, 3.8) is 0 Å². The van der Waals surface area contributed by atoms with Crippen LogP contribution in [0.4, 0.5) is 5.69 Å². The molecule has 5 heteroatoms. The highest BCUT2D eigenvalue weighted by Crippen LogP contribution is 2.14. The molecule has 0 amide bonds. The average Bonchev–Trinajstić information content (AvgIpc) is 2.95. The molecule has 0 aliphatic carbocycles. The largest absolute Gasteiger partial charge is 0.379 e. The molecule has 94 valence electrons. The molecule has 2 aromatic rings. The van der Waals surface area contributed by atoms with Gasteiger partial charge in [0.1, 0.15) is 12.1 Å². The van der Waals surface area contributed by atoms with Gasteiger partial charge in [-0.1, -0.05) is 0 Å². The first-order valence-electron chi connectivity index (χ1n) is 6.20. The van der Waals surface area contributed by atoms with Crippen LogP contribution in [0.25, 0.3) is 5.82 Å². The topological polar surface area (TPSA) is 52.0 Å². The van der Waals surface area contributed by atoms with Gasteiger partial charge in [-0.05, 0) is 25.0 Å². The van der Waals surface area contributed by atoms with E-state index in [-0.39, 0.29) is 0 Å². The number of rotatable bonds is 3. The first-order chi connectivity index (χ1) is 8.92. The summed E-state index contributed by atoms with van der Waals surface area (Å²) in [5.41, 5.74) is 1.04. The van der Waals surface area contributed by atoms with Crippen molar-refractivity contribution >= 4 is 5.69 Å². The first-order valence-corrected chi connectivity index (χ1v) is 6.20. The highest BCUT2D eigenvalue weighted by Gasteiger charge is 2.13. The molecular weight excluding hydrogens is 228 g/mol. The molecule has 0 aromatic carbocycles. The Morgan fingerprint density at radius 1 is 1.39 bits per heavy atom. The van der Waals surface area contributed by atoms with Crippen LogP contribution in [-0.2, 0) is 4.74 Å². The molecule has 1 atom stereocenters. The monoisotopic (exact) mass is 244 g/mol. The number of nitrogens with one attached hydrogen (secondary N) is 1. The van der Waals surface area contributed by atoms with Crippen molar-refractivity contribution in [2.75, 3.05) is 18.5 Å². The van der Waals surface area contributed by atoms with Gasteiger partial charge in [-0.25, -0.2) is 9.97 Å². The van der Waals surface area contributed by atoms with Crippen LogP contribution in [0, 0.1) is 0 Å². The van der Waals surface area contributed by atoms with Crippen molar-refractivity contribution in [3.8, 4) is 5.82 Å². The van der Waals surface area contributed by atoms with Gasteiger partial charge >= 0.3 is 0 Å². The van der Waals surface area contributed by atoms with Gasteiger partial charge in [-0.15, -0.1) is 0 Å². The lowest BCUT2D eigenvalue weighted by Crippen LogP contribution is -2.29. The fourth-order valence-electron chi connectivity index (χ4n) is 2.11. The second kappa shape index (κ2) is 5.18. The van der Waals surface area contributed by atoms with E-state index >= 15 is 0 Å². The van der Waals surface area contributed by atoms with Gasteiger partial charge in [0.25, 0.3) is 0 Å². The lowest BCUT2D eigenvalue weighted by Gasteiger charge is -2.23. The fourth-order valence-corrected chi connectivity index (χ4v) is 2.11. The lowest BCUT2D eigenvalue weighted by molar-refractivity contribution is 0.0876. The second-order valence-electron chi connectivity index (χ2n) is 4.43. The van der Waals surface area contributed by atoms with Gasteiger partial charge in [-0.3, -0.25) is 4.57 Å². The summed E-state index contributed by atoms with van der Waals surface area (Å²) >= 11 is 0. The van der Waals surface area contributed by atoms with Crippen LogP contribution < -0.4 is 5.32 Å². The Balaban J connectivity index is 1.67. The number of nitrogens with zero attached hydrogens (tertiary/aromatic N) is 3. The van der Waals surface area contributed by atoms with Crippen LogP contribution in [0.1, 0.15) is 12.8 Å². The zero-order valence-corrected chi connectivity index (χ0v) is 10.1. The van der Waals surface area contributed by atoms with Gasteiger partial charge < -0.3 is 10.1 Å². The number of pyridine rings is 1. The van der Waals surface area contributed by atoms with Gasteiger partial charge in [-0.2, -0.15) is 0 Å². The number of imidazole rings is 1. The molecule has 2 aromatic heterocycles. The summed E-state index contributed by atoms with van der Waals surface area (Å²) in [6.07, 6.45) is 9.49. The van der Waals surface area contributed by atoms with E-state index in [0.717, 1.165) is 37.6 Å². The first kappa shape index (κ1) is 11.2. The lowest BCUT2D eigenvalue weighted by atomic mass is 10.1. The normalized spacial score (nSPS) is 19.7. The quantitative estimate of drug-likeness (QED) is 0.895. The molecule has 5 nitrogen and oxygen atoms in total. The SMILES string of the molecule is c1cn(-c2ccc(NC3CCCOC3)cn2)cn1. The predicted molar refractivity (Wildman–Crippen MR) is 68.8 cm³/mol. The molecular formula is C13H16N4O. The Labute approximate surface area is 106 Å². The van der Waals surface area contributed by atoms with Crippen LogP contribution >= 0.6 is 0 Å². The minimum Gasteiger partial charge on any atom is -0.379 e. The number of hydrogen-bond donors (Lipinski definition) is 1. The summed E-state index contributed by atoms with van der Waals surface area (Å²) in [7, 11) is 0. The van der Waals surface area contributed by atoms with E-state index in [1.165, 1.54) is 0 Å². The maximum Gasteiger partial charge on any atom is 0.137 e. The van der Waals surface area contributed by atoms with E-state index in [2.05, 4.69) is 15.3 Å². The van der Waals surface area contributed by atoms with Gasteiger partial charge in [0, 0.05) is 25.0 Å². The Bertz CT molecular complexity index is 474. The maximum absolute atomic E-state index is 5.44. The van der Waals surface area contributed by atoms with Crippen LogP contribution in [-0.4, -0.2) is 33.8 Å². The molecule has 3 rings (SSSR count). The predicted octanol–water partition coefficient (Wildman–Crippen LogP) is 1.86. The van der Waals surface area contributed by atoms with Gasteiger partial charge in [0.15, 0.2) is 0 Å². The zero-order chi connectivity index (χ0) is 12.2. The van der Waals surface area contributed by atoms with E-state index in [9.17, 15) is 0 Å². The molecule has 1 fully saturated rings. The number of ether oxygens (including phenoxy) is 1. The van der Waals surface area contributed by atoms with Gasteiger partial charge in [0.05, 0.1) is 18.5 Å². The van der Waals surface area contributed by atoms with Crippen molar-refractivity contribution in [2.24, 2.45) is 0 Å². The minimum absolute atomic E-state index is 0.402. The third kappa shape index (κ3) is 2.51. The Hall–Kier alpha value is -1.88. The van der Waals surface area contributed by atoms with Crippen LogP contribution in [0.2, 0.25) is 0 Å². The fraction of sp³-hybridized carbons (Fsp3) is 0.385. The van der Waals surface area contributed by atoms with Crippen LogP contribution in [0.5, 0.6) is 0 Å². The number of aromatic nitrogens is 3. The van der Waals surface area contributed by atoms with Crippen molar-refractivity contribution in [2.45, 2.75) is 18.9 Å². The summed E-state index contributed by atoms with van der Waals surface area (Å²) in [6, 6.07) is 4.42. The van der Waals surface area contributed by atoms with Crippen LogP contribution in [0.15, 0.2) is 37.1 Å². The number of anilines is 1. The Morgan fingerprint density at radius 2 is 2.39 bits per heavy atom.